The fourth-order valence-corrected chi connectivity index (χ4v) is 4.09. The average molecular weight is 265 g/mol. The molecule has 100 valence electrons. The molecule has 2 aliphatic rings. The van der Waals surface area contributed by atoms with Crippen LogP contribution in [0.25, 0.3) is 0 Å². The highest BCUT2D eigenvalue weighted by Gasteiger charge is 2.36. The van der Waals surface area contributed by atoms with Crippen molar-refractivity contribution < 1.29 is 0 Å². The van der Waals surface area contributed by atoms with E-state index < -0.39 is 0 Å². The van der Waals surface area contributed by atoms with Gasteiger partial charge in [-0.2, -0.15) is 4.37 Å². The van der Waals surface area contributed by atoms with Crippen LogP contribution in [0.4, 0.5) is 5.13 Å². The second-order valence-corrected chi connectivity index (χ2v) is 7.59. The molecular formula is C14H23N3S. The van der Waals surface area contributed by atoms with Crippen LogP contribution in [0.15, 0.2) is 0 Å². The lowest BCUT2D eigenvalue weighted by Gasteiger charge is -2.22. The summed E-state index contributed by atoms with van der Waals surface area (Å²) in [6, 6.07) is 0. The Bertz CT molecular complexity index is 407. The zero-order valence-electron chi connectivity index (χ0n) is 11.6. The van der Waals surface area contributed by atoms with Gasteiger partial charge in [0.25, 0.3) is 0 Å². The van der Waals surface area contributed by atoms with Crippen molar-refractivity contribution in [3.8, 4) is 0 Å². The molecule has 0 spiro atoms. The first-order chi connectivity index (χ1) is 8.54. The maximum atomic E-state index is 4.75. The van der Waals surface area contributed by atoms with Gasteiger partial charge in [0.15, 0.2) is 0 Å². The van der Waals surface area contributed by atoms with Crippen LogP contribution in [0.2, 0.25) is 0 Å². The summed E-state index contributed by atoms with van der Waals surface area (Å²) in [5, 5.41) is 1.15. The number of fused-ring (bicyclic) bond motifs is 1. The van der Waals surface area contributed by atoms with Crippen molar-refractivity contribution >= 4 is 16.7 Å². The molecule has 2 unspecified atom stereocenters. The van der Waals surface area contributed by atoms with E-state index in [2.05, 4.69) is 30.0 Å². The van der Waals surface area contributed by atoms with Crippen molar-refractivity contribution in [2.24, 2.45) is 11.8 Å². The van der Waals surface area contributed by atoms with Crippen LogP contribution in [-0.2, 0) is 5.41 Å². The first-order valence-electron chi connectivity index (χ1n) is 7.13. The smallest absolute Gasteiger partial charge is 0.205 e. The van der Waals surface area contributed by atoms with Gasteiger partial charge >= 0.3 is 0 Å². The summed E-state index contributed by atoms with van der Waals surface area (Å²) < 4.78 is 4.54. The highest BCUT2D eigenvalue weighted by molar-refractivity contribution is 7.09. The molecular weight excluding hydrogens is 242 g/mol. The molecule has 1 aliphatic heterocycles. The lowest BCUT2D eigenvalue weighted by molar-refractivity contribution is 0.299. The number of aromatic nitrogens is 2. The fourth-order valence-electron chi connectivity index (χ4n) is 3.21. The highest BCUT2D eigenvalue weighted by atomic mass is 32.1. The van der Waals surface area contributed by atoms with E-state index in [4.69, 9.17) is 4.98 Å². The van der Waals surface area contributed by atoms with E-state index in [1.807, 2.05) is 0 Å². The Hall–Kier alpha value is -0.640. The van der Waals surface area contributed by atoms with E-state index in [9.17, 15) is 0 Å². The number of nitrogens with zero attached hydrogens (tertiary/aromatic N) is 3. The molecule has 2 heterocycles. The van der Waals surface area contributed by atoms with E-state index in [0.717, 1.165) is 22.8 Å². The molecule has 1 aliphatic carbocycles. The third kappa shape index (κ3) is 2.27. The summed E-state index contributed by atoms with van der Waals surface area (Å²) >= 11 is 1.58. The van der Waals surface area contributed by atoms with E-state index in [1.54, 1.807) is 11.5 Å². The third-order valence-corrected chi connectivity index (χ3v) is 5.11. The molecule has 3 rings (SSSR count). The molecule has 2 atom stereocenters. The van der Waals surface area contributed by atoms with Gasteiger partial charge in [-0.1, -0.05) is 33.6 Å². The number of hydrogen-bond acceptors (Lipinski definition) is 4. The maximum absolute atomic E-state index is 4.75. The molecule has 3 nitrogen and oxygen atoms in total. The standard InChI is InChI=1S/C14H23N3S/c1-14(2,3)12-15-13(18-16-12)17-8-10-6-4-5-7-11(10)9-17/h10-11H,4-9H2,1-3H3. The minimum Gasteiger partial charge on any atom is -0.346 e. The Morgan fingerprint density at radius 2 is 1.72 bits per heavy atom. The molecule has 2 fully saturated rings. The molecule has 18 heavy (non-hydrogen) atoms. The van der Waals surface area contributed by atoms with Crippen molar-refractivity contribution in [2.75, 3.05) is 18.0 Å². The SMILES string of the molecule is CC(C)(C)c1nsc(N2CC3CCCCC3C2)n1. The quantitative estimate of drug-likeness (QED) is 0.778. The summed E-state index contributed by atoms with van der Waals surface area (Å²) in [5.41, 5.74) is 0.0707. The Morgan fingerprint density at radius 3 is 2.22 bits per heavy atom. The van der Waals surface area contributed by atoms with E-state index in [0.29, 0.717) is 0 Å². The van der Waals surface area contributed by atoms with Crippen LogP contribution in [0.3, 0.4) is 0 Å². The molecule has 1 aromatic rings. The van der Waals surface area contributed by atoms with Crippen molar-refractivity contribution in [2.45, 2.75) is 51.9 Å². The Labute approximate surface area is 114 Å². The average Bonchev–Trinajstić information content (AvgIpc) is 2.94. The Morgan fingerprint density at radius 1 is 1.11 bits per heavy atom. The van der Waals surface area contributed by atoms with E-state index >= 15 is 0 Å². The molecule has 0 radical (unpaired) electrons. The molecule has 1 saturated heterocycles. The normalized spacial score (nSPS) is 28.5. The Kier molecular flexibility index (Phi) is 3.08. The largest absolute Gasteiger partial charge is 0.346 e. The molecule has 0 aromatic carbocycles. The van der Waals surface area contributed by atoms with Crippen molar-refractivity contribution in [1.82, 2.24) is 9.36 Å². The fraction of sp³-hybridized carbons (Fsp3) is 0.857. The molecule has 4 heteroatoms. The van der Waals surface area contributed by atoms with Crippen LogP contribution in [0.5, 0.6) is 0 Å². The summed E-state index contributed by atoms with van der Waals surface area (Å²) in [6.07, 6.45) is 5.70. The highest BCUT2D eigenvalue weighted by Crippen LogP contribution is 2.38. The van der Waals surface area contributed by atoms with Gasteiger partial charge in [-0.05, 0) is 24.7 Å². The summed E-state index contributed by atoms with van der Waals surface area (Å²) in [4.78, 5) is 7.23. The lowest BCUT2D eigenvalue weighted by atomic mass is 9.82. The predicted octanol–water partition coefficient (Wildman–Crippen LogP) is 3.46. The minimum absolute atomic E-state index is 0.0707. The minimum atomic E-state index is 0.0707. The van der Waals surface area contributed by atoms with Gasteiger partial charge in [-0.15, -0.1) is 0 Å². The van der Waals surface area contributed by atoms with E-state index in [-0.39, 0.29) is 5.41 Å². The first kappa shape index (κ1) is 12.4. The molecule has 1 saturated carbocycles. The van der Waals surface area contributed by atoms with E-state index in [1.165, 1.54) is 38.8 Å². The van der Waals surface area contributed by atoms with Crippen LogP contribution < -0.4 is 4.90 Å². The Balaban J connectivity index is 1.74. The van der Waals surface area contributed by atoms with Gasteiger partial charge in [0.2, 0.25) is 5.13 Å². The number of anilines is 1. The van der Waals surface area contributed by atoms with Gasteiger partial charge in [0.05, 0.1) is 0 Å². The number of rotatable bonds is 1. The molecule has 0 bridgehead atoms. The zero-order valence-corrected chi connectivity index (χ0v) is 12.5. The summed E-state index contributed by atoms with van der Waals surface area (Å²) in [5.74, 6) is 2.83. The monoisotopic (exact) mass is 265 g/mol. The van der Waals surface area contributed by atoms with Crippen LogP contribution in [0.1, 0.15) is 52.3 Å². The summed E-state index contributed by atoms with van der Waals surface area (Å²) in [6.45, 7) is 8.97. The second-order valence-electron chi connectivity index (χ2n) is 6.86. The first-order valence-corrected chi connectivity index (χ1v) is 7.90. The van der Waals surface area contributed by atoms with Crippen LogP contribution >= 0.6 is 11.5 Å². The van der Waals surface area contributed by atoms with Gasteiger partial charge in [-0.25, -0.2) is 4.98 Å². The predicted molar refractivity (Wildman–Crippen MR) is 76.3 cm³/mol. The van der Waals surface area contributed by atoms with Gasteiger partial charge in [0, 0.05) is 30.0 Å². The molecule has 0 N–H and O–H groups in total. The summed E-state index contributed by atoms with van der Waals surface area (Å²) in [7, 11) is 0. The molecule has 0 amide bonds. The second kappa shape index (κ2) is 4.48. The van der Waals surface area contributed by atoms with Crippen LogP contribution in [0, 0.1) is 11.8 Å². The van der Waals surface area contributed by atoms with Gasteiger partial charge < -0.3 is 4.90 Å². The number of hydrogen-bond donors (Lipinski definition) is 0. The van der Waals surface area contributed by atoms with Crippen molar-refractivity contribution in [3.05, 3.63) is 5.82 Å². The van der Waals surface area contributed by atoms with Crippen molar-refractivity contribution in [1.29, 1.82) is 0 Å². The maximum Gasteiger partial charge on any atom is 0.205 e. The zero-order chi connectivity index (χ0) is 12.8. The topological polar surface area (TPSA) is 29.0 Å². The third-order valence-electron chi connectivity index (χ3n) is 4.33. The van der Waals surface area contributed by atoms with Gasteiger partial charge in [-0.3, -0.25) is 0 Å². The van der Waals surface area contributed by atoms with Gasteiger partial charge in [0.1, 0.15) is 5.82 Å². The molecule has 1 aromatic heterocycles. The lowest BCUT2D eigenvalue weighted by Crippen LogP contribution is -2.20. The van der Waals surface area contributed by atoms with Crippen molar-refractivity contribution in [3.63, 3.8) is 0 Å². The van der Waals surface area contributed by atoms with Crippen LogP contribution in [-0.4, -0.2) is 22.4 Å².